The van der Waals surface area contributed by atoms with Crippen LogP contribution in [-0.2, 0) is 4.79 Å². The topological polar surface area (TPSA) is 36.4 Å². The SMILES string of the molecule is C[C@@H]1CC(C(=O)[C@@H]2CN(C(C)(C)C)C[C@H]2c2ccc(F)cc2F)C[C@H](C)N1c1ccc(F)cn1. The van der Waals surface area contributed by atoms with Gasteiger partial charge < -0.3 is 4.90 Å². The predicted molar refractivity (Wildman–Crippen MR) is 127 cm³/mol. The van der Waals surface area contributed by atoms with E-state index in [1.165, 1.54) is 24.4 Å². The number of aromatic nitrogens is 1. The second-order valence-electron chi connectivity index (χ2n) is 11.0. The summed E-state index contributed by atoms with van der Waals surface area (Å²) in [6.07, 6.45) is 2.53. The summed E-state index contributed by atoms with van der Waals surface area (Å²) in [5.74, 6) is -1.52. The second-order valence-corrected chi connectivity index (χ2v) is 11.0. The zero-order valence-electron chi connectivity index (χ0n) is 20.6. The highest BCUT2D eigenvalue weighted by Gasteiger charge is 2.46. The molecule has 0 bridgehead atoms. The molecule has 34 heavy (non-hydrogen) atoms. The number of anilines is 1. The van der Waals surface area contributed by atoms with Gasteiger partial charge >= 0.3 is 0 Å². The number of carbonyl (C=O) groups excluding carboxylic acids is 1. The molecule has 4 rings (SSSR count). The van der Waals surface area contributed by atoms with Crippen molar-refractivity contribution in [3.05, 3.63) is 59.5 Å². The molecule has 2 aliphatic rings. The molecule has 2 aliphatic heterocycles. The molecule has 7 heteroatoms. The Hall–Kier alpha value is -2.41. The van der Waals surface area contributed by atoms with Gasteiger partial charge in [-0.3, -0.25) is 9.69 Å². The number of rotatable bonds is 4. The van der Waals surface area contributed by atoms with Gasteiger partial charge in [0.05, 0.1) is 6.20 Å². The number of Topliss-reactive ketones (excluding diaryl/α,β-unsaturated/α-hetero) is 1. The number of hydrogen-bond acceptors (Lipinski definition) is 4. The van der Waals surface area contributed by atoms with Crippen LogP contribution in [0.15, 0.2) is 36.5 Å². The van der Waals surface area contributed by atoms with Gasteiger partial charge in [-0.1, -0.05) is 6.07 Å². The van der Waals surface area contributed by atoms with Crippen LogP contribution in [0.5, 0.6) is 0 Å². The van der Waals surface area contributed by atoms with Gasteiger partial charge in [0.1, 0.15) is 29.1 Å². The van der Waals surface area contributed by atoms with E-state index in [4.69, 9.17) is 0 Å². The van der Waals surface area contributed by atoms with Crippen molar-refractivity contribution >= 4 is 11.6 Å². The summed E-state index contributed by atoms with van der Waals surface area (Å²) in [5.41, 5.74) is 0.252. The van der Waals surface area contributed by atoms with Crippen LogP contribution >= 0.6 is 0 Å². The summed E-state index contributed by atoms with van der Waals surface area (Å²) in [6.45, 7) is 11.5. The molecule has 2 saturated heterocycles. The predicted octanol–water partition coefficient (Wildman–Crippen LogP) is 5.58. The Bertz CT molecular complexity index is 1020. The highest BCUT2D eigenvalue weighted by atomic mass is 19.1. The summed E-state index contributed by atoms with van der Waals surface area (Å²) >= 11 is 0. The van der Waals surface area contributed by atoms with Crippen molar-refractivity contribution in [3.63, 3.8) is 0 Å². The highest BCUT2D eigenvalue weighted by molar-refractivity contribution is 5.85. The summed E-state index contributed by atoms with van der Waals surface area (Å²) < 4.78 is 41.7. The molecule has 184 valence electrons. The van der Waals surface area contributed by atoms with Crippen LogP contribution in [0.3, 0.4) is 0 Å². The third-order valence-corrected chi connectivity index (χ3v) is 7.58. The molecule has 1 aromatic carbocycles. The Morgan fingerprint density at radius 1 is 0.971 bits per heavy atom. The molecule has 2 fully saturated rings. The van der Waals surface area contributed by atoms with Crippen molar-refractivity contribution < 1.29 is 18.0 Å². The average molecular weight is 474 g/mol. The monoisotopic (exact) mass is 473 g/mol. The van der Waals surface area contributed by atoms with E-state index in [9.17, 15) is 18.0 Å². The van der Waals surface area contributed by atoms with Crippen molar-refractivity contribution in [3.8, 4) is 0 Å². The van der Waals surface area contributed by atoms with Gasteiger partial charge in [-0.2, -0.15) is 0 Å². The molecule has 5 atom stereocenters. The van der Waals surface area contributed by atoms with Crippen LogP contribution in [0.2, 0.25) is 0 Å². The number of ketones is 1. The van der Waals surface area contributed by atoms with Gasteiger partial charge in [-0.05, 0) is 71.2 Å². The molecular weight excluding hydrogens is 439 g/mol. The van der Waals surface area contributed by atoms with Crippen LogP contribution < -0.4 is 4.90 Å². The number of hydrogen-bond donors (Lipinski definition) is 0. The minimum Gasteiger partial charge on any atom is -0.351 e. The van der Waals surface area contributed by atoms with Crippen molar-refractivity contribution in [1.82, 2.24) is 9.88 Å². The van der Waals surface area contributed by atoms with E-state index in [0.29, 0.717) is 37.3 Å². The third-order valence-electron chi connectivity index (χ3n) is 7.58. The van der Waals surface area contributed by atoms with E-state index in [2.05, 4.69) is 49.4 Å². The first-order valence-corrected chi connectivity index (χ1v) is 12.1. The molecule has 0 amide bonds. The summed E-state index contributed by atoms with van der Waals surface area (Å²) in [7, 11) is 0. The third kappa shape index (κ3) is 4.85. The molecule has 0 aliphatic carbocycles. The fraction of sp³-hybridized carbons (Fsp3) is 0.556. The largest absolute Gasteiger partial charge is 0.351 e. The lowest BCUT2D eigenvalue weighted by Gasteiger charge is -2.43. The van der Waals surface area contributed by atoms with Crippen molar-refractivity contribution in [2.45, 2.75) is 71.0 Å². The van der Waals surface area contributed by atoms with Gasteiger partial charge in [0.25, 0.3) is 0 Å². The number of benzene rings is 1. The quantitative estimate of drug-likeness (QED) is 0.581. The minimum atomic E-state index is -0.612. The van der Waals surface area contributed by atoms with Gasteiger partial charge in [0.2, 0.25) is 0 Å². The number of nitrogens with zero attached hydrogens (tertiary/aromatic N) is 3. The molecule has 0 N–H and O–H groups in total. The molecule has 1 aromatic heterocycles. The zero-order valence-corrected chi connectivity index (χ0v) is 20.6. The molecule has 0 saturated carbocycles. The first-order valence-electron chi connectivity index (χ1n) is 12.1. The van der Waals surface area contributed by atoms with E-state index in [1.54, 1.807) is 6.07 Å². The zero-order chi connectivity index (χ0) is 24.8. The van der Waals surface area contributed by atoms with Crippen molar-refractivity contribution in [2.24, 2.45) is 11.8 Å². The second kappa shape index (κ2) is 9.33. The Kier molecular flexibility index (Phi) is 6.78. The number of pyridine rings is 1. The Morgan fingerprint density at radius 3 is 2.18 bits per heavy atom. The maximum Gasteiger partial charge on any atom is 0.141 e. The van der Waals surface area contributed by atoms with Crippen LogP contribution in [0.1, 0.15) is 58.9 Å². The first kappa shape index (κ1) is 24.7. The van der Waals surface area contributed by atoms with Crippen LogP contribution in [0.4, 0.5) is 19.0 Å². The summed E-state index contributed by atoms with van der Waals surface area (Å²) in [5, 5.41) is 0. The van der Waals surface area contributed by atoms with Crippen LogP contribution in [-0.4, -0.2) is 46.4 Å². The first-order chi connectivity index (χ1) is 16.0. The minimum absolute atomic E-state index is 0.0526. The fourth-order valence-corrected chi connectivity index (χ4v) is 5.85. The molecular formula is C27H34F3N3O. The van der Waals surface area contributed by atoms with E-state index < -0.39 is 11.6 Å². The van der Waals surface area contributed by atoms with E-state index >= 15 is 0 Å². The maximum atomic E-state index is 14.8. The van der Waals surface area contributed by atoms with Crippen molar-refractivity contribution in [1.29, 1.82) is 0 Å². The molecule has 2 aromatic rings. The van der Waals surface area contributed by atoms with E-state index in [1.807, 2.05) is 0 Å². The molecule has 1 unspecified atom stereocenters. The Morgan fingerprint density at radius 2 is 1.62 bits per heavy atom. The number of carbonyl (C=O) groups is 1. The Labute approximate surface area is 200 Å². The molecule has 4 nitrogen and oxygen atoms in total. The maximum absolute atomic E-state index is 14.8. The lowest BCUT2D eigenvalue weighted by molar-refractivity contribution is -0.128. The van der Waals surface area contributed by atoms with E-state index in [0.717, 1.165) is 6.07 Å². The Balaban J connectivity index is 1.58. The summed E-state index contributed by atoms with van der Waals surface area (Å²) in [6, 6.07) is 6.87. The summed E-state index contributed by atoms with van der Waals surface area (Å²) in [4.78, 5) is 22.5. The van der Waals surface area contributed by atoms with E-state index in [-0.39, 0.29) is 47.0 Å². The average Bonchev–Trinajstić information content (AvgIpc) is 3.19. The lowest BCUT2D eigenvalue weighted by atomic mass is 9.76. The van der Waals surface area contributed by atoms with Gasteiger partial charge in [-0.25, -0.2) is 18.2 Å². The van der Waals surface area contributed by atoms with Crippen LogP contribution in [0.25, 0.3) is 0 Å². The van der Waals surface area contributed by atoms with Crippen LogP contribution in [0, 0.1) is 29.3 Å². The lowest BCUT2D eigenvalue weighted by Crippen LogP contribution is -2.50. The number of halogens is 3. The number of likely N-dealkylation sites (tertiary alicyclic amines) is 1. The van der Waals surface area contributed by atoms with Gasteiger partial charge in [-0.15, -0.1) is 0 Å². The smallest absolute Gasteiger partial charge is 0.141 e. The molecule has 0 spiro atoms. The molecule has 0 radical (unpaired) electrons. The number of piperidine rings is 1. The normalized spacial score (nSPS) is 28.4. The van der Waals surface area contributed by atoms with Gasteiger partial charge in [0, 0.05) is 54.5 Å². The fourth-order valence-electron chi connectivity index (χ4n) is 5.85. The van der Waals surface area contributed by atoms with Crippen molar-refractivity contribution in [2.75, 3.05) is 18.0 Å². The van der Waals surface area contributed by atoms with Gasteiger partial charge in [0.15, 0.2) is 0 Å². The standard InChI is InChI=1S/C27H34F3N3O/c1-16-10-18(11-17(2)33(16)25-9-7-20(29)13-31-25)26(34)23-15-32(27(3,4)5)14-22(23)21-8-6-19(28)12-24(21)30/h6-9,12-13,16-18,22-23H,10-11,14-15H2,1-5H3/t16-,17+,18?,22-,23+/m0/s1. The highest BCUT2D eigenvalue weighted by Crippen LogP contribution is 2.42. The molecule has 3 heterocycles.